The first-order valence-electron chi connectivity index (χ1n) is 14.8. The van der Waals surface area contributed by atoms with Crippen LogP contribution in [0.1, 0.15) is 34.3 Å². The molecular weight excluding hydrogens is 614 g/mol. The highest BCUT2D eigenvalue weighted by molar-refractivity contribution is 7.90. The molecule has 3 aromatic carbocycles. The van der Waals surface area contributed by atoms with E-state index in [9.17, 15) is 22.8 Å². The molecule has 2 atom stereocenters. The van der Waals surface area contributed by atoms with E-state index in [1.54, 1.807) is 35.2 Å². The van der Waals surface area contributed by atoms with Gasteiger partial charge in [0, 0.05) is 55.9 Å². The van der Waals surface area contributed by atoms with Crippen LogP contribution in [0.4, 0.5) is 0 Å². The zero-order valence-electron chi connectivity index (χ0n) is 25.9. The summed E-state index contributed by atoms with van der Waals surface area (Å²) in [4.78, 5) is 41.0. The molecule has 3 heterocycles. The number of methoxy groups -OCH3 is 2. The van der Waals surface area contributed by atoms with Crippen LogP contribution in [0.25, 0.3) is 0 Å². The highest BCUT2D eigenvalue weighted by Gasteiger charge is 2.35. The maximum Gasteiger partial charge on any atom is 0.258 e. The number of nitrogens with one attached hydrogen (secondary N) is 2. The lowest BCUT2D eigenvalue weighted by molar-refractivity contribution is -0.125. The normalized spacial score (nSPS) is 19.2. The minimum atomic E-state index is -3.51. The molecule has 0 aliphatic carbocycles. The van der Waals surface area contributed by atoms with Crippen LogP contribution in [0.3, 0.4) is 0 Å². The Morgan fingerprint density at radius 1 is 0.957 bits per heavy atom. The van der Waals surface area contributed by atoms with Crippen molar-refractivity contribution in [2.24, 2.45) is 0 Å². The first-order chi connectivity index (χ1) is 22.0. The van der Waals surface area contributed by atoms with Gasteiger partial charge in [0.2, 0.25) is 5.91 Å². The summed E-state index contributed by atoms with van der Waals surface area (Å²) in [5.41, 5.74) is 1.83. The molecule has 3 aromatic rings. The summed E-state index contributed by atoms with van der Waals surface area (Å²) in [6, 6.07) is 15.9. The SMILES string of the molecule is COc1cc2ccc1CNC(=O)CCc1ccc(OC)c(c1)OCC(=O)N[C@@H]1CN(C(=O)c3cccc(S(C)(=O)=O)c3)CC[C@@H]1O2. The van der Waals surface area contributed by atoms with E-state index >= 15 is 0 Å². The number of piperidine rings is 1. The van der Waals surface area contributed by atoms with Crippen LogP contribution in [0, 0.1) is 0 Å². The summed E-state index contributed by atoms with van der Waals surface area (Å²) < 4.78 is 47.4. The van der Waals surface area contributed by atoms with Gasteiger partial charge < -0.3 is 34.5 Å². The Bertz CT molecular complexity index is 1730. The fourth-order valence-corrected chi connectivity index (χ4v) is 6.14. The molecule has 244 valence electrons. The predicted octanol–water partition coefficient (Wildman–Crippen LogP) is 2.53. The van der Waals surface area contributed by atoms with Gasteiger partial charge >= 0.3 is 0 Å². The molecule has 3 aliphatic rings. The number of fused-ring (bicyclic) bond motifs is 9. The Balaban J connectivity index is 1.43. The average Bonchev–Trinajstić information content (AvgIpc) is 3.05. The van der Waals surface area contributed by atoms with Crippen molar-refractivity contribution in [3.05, 3.63) is 77.4 Å². The van der Waals surface area contributed by atoms with Crippen molar-refractivity contribution in [2.75, 3.05) is 40.2 Å². The molecule has 0 unspecified atom stereocenters. The summed E-state index contributed by atoms with van der Waals surface area (Å²) >= 11 is 0. The number of ether oxygens (including phenoxy) is 4. The van der Waals surface area contributed by atoms with Gasteiger partial charge in [0.15, 0.2) is 27.9 Å². The molecule has 1 fully saturated rings. The number of likely N-dealkylation sites (tertiary alicyclic amines) is 1. The summed E-state index contributed by atoms with van der Waals surface area (Å²) in [5, 5.41) is 5.90. The van der Waals surface area contributed by atoms with E-state index < -0.39 is 27.9 Å². The fraction of sp³-hybridized carbons (Fsp3) is 0.364. The number of nitrogens with zero attached hydrogens (tertiary/aromatic N) is 1. The largest absolute Gasteiger partial charge is 0.496 e. The van der Waals surface area contributed by atoms with Crippen molar-refractivity contribution >= 4 is 27.6 Å². The number of carbonyl (C=O) groups excluding carboxylic acids is 3. The molecule has 13 heteroatoms. The molecule has 1 saturated heterocycles. The van der Waals surface area contributed by atoms with Crippen LogP contribution in [0.15, 0.2) is 65.6 Å². The standard InChI is InChI=1S/C33H37N3O9S/c1-42-28-11-7-21-8-12-31(37)34-18-23-9-10-24(17-29(23)43-2)45-27-13-14-36(19-26(27)35-32(38)20-44-30(28)15-21)33(39)22-5-4-6-25(16-22)46(3,40)41/h4-7,9-11,15-17,26-27H,8,12-14,18-20H2,1-3H3,(H,34,37)(H,35,38)/t26-,27+/m1/s1. The molecule has 0 aromatic heterocycles. The van der Waals surface area contributed by atoms with E-state index in [0.717, 1.165) is 17.4 Å². The van der Waals surface area contributed by atoms with E-state index in [2.05, 4.69) is 10.6 Å². The van der Waals surface area contributed by atoms with Crippen LogP contribution < -0.4 is 29.6 Å². The first kappa shape index (κ1) is 32.6. The van der Waals surface area contributed by atoms with Crippen molar-refractivity contribution in [2.45, 2.75) is 42.8 Å². The van der Waals surface area contributed by atoms with Crippen LogP contribution in [0.2, 0.25) is 0 Å². The lowest BCUT2D eigenvalue weighted by Crippen LogP contribution is -2.58. The number of sulfone groups is 1. The van der Waals surface area contributed by atoms with Gasteiger partial charge in [-0.3, -0.25) is 14.4 Å². The van der Waals surface area contributed by atoms with Gasteiger partial charge in [-0.05, 0) is 54.4 Å². The molecule has 0 saturated carbocycles. The van der Waals surface area contributed by atoms with Crippen LogP contribution in [0.5, 0.6) is 23.0 Å². The van der Waals surface area contributed by atoms with Crippen molar-refractivity contribution in [1.29, 1.82) is 0 Å². The molecule has 0 spiro atoms. The molecule has 0 radical (unpaired) electrons. The minimum Gasteiger partial charge on any atom is -0.496 e. The molecule has 6 rings (SSSR count). The van der Waals surface area contributed by atoms with Crippen molar-refractivity contribution in [1.82, 2.24) is 15.5 Å². The third-order valence-corrected chi connectivity index (χ3v) is 9.05. The van der Waals surface area contributed by atoms with E-state index in [-0.39, 0.29) is 48.4 Å². The predicted molar refractivity (Wildman–Crippen MR) is 168 cm³/mol. The van der Waals surface area contributed by atoms with E-state index in [0.29, 0.717) is 42.4 Å². The second-order valence-corrected chi connectivity index (χ2v) is 13.2. The fourth-order valence-electron chi connectivity index (χ4n) is 5.48. The first-order valence-corrected chi connectivity index (χ1v) is 16.7. The van der Waals surface area contributed by atoms with E-state index in [4.69, 9.17) is 18.9 Å². The third-order valence-electron chi connectivity index (χ3n) is 7.94. The third kappa shape index (κ3) is 7.89. The molecule has 3 amide bonds. The Hall–Kier alpha value is -4.78. The lowest BCUT2D eigenvalue weighted by Gasteiger charge is -2.39. The summed E-state index contributed by atoms with van der Waals surface area (Å²) in [5.74, 6) is 0.881. The Morgan fingerprint density at radius 3 is 2.52 bits per heavy atom. The Morgan fingerprint density at radius 2 is 1.76 bits per heavy atom. The number of aryl methyl sites for hydroxylation is 1. The number of amides is 3. The van der Waals surface area contributed by atoms with Gasteiger partial charge in [-0.25, -0.2) is 8.42 Å². The van der Waals surface area contributed by atoms with Crippen molar-refractivity contribution < 1.29 is 41.7 Å². The van der Waals surface area contributed by atoms with Crippen LogP contribution in [-0.2, 0) is 32.4 Å². The molecule has 3 aliphatic heterocycles. The maximum absolute atomic E-state index is 13.5. The number of hydrogen-bond acceptors (Lipinski definition) is 9. The van der Waals surface area contributed by atoms with Crippen molar-refractivity contribution in [3.63, 3.8) is 0 Å². The molecule has 2 N–H and O–H groups in total. The minimum absolute atomic E-state index is 0.0467. The van der Waals surface area contributed by atoms with Crippen LogP contribution >= 0.6 is 0 Å². The second kappa shape index (κ2) is 14.1. The number of hydrogen-bond donors (Lipinski definition) is 2. The molecule has 4 bridgehead atoms. The molecular formula is C33H37N3O9S. The van der Waals surface area contributed by atoms with Gasteiger partial charge in [-0.2, -0.15) is 0 Å². The van der Waals surface area contributed by atoms with E-state index in [1.165, 1.54) is 32.4 Å². The van der Waals surface area contributed by atoms with Crippen LogP contribution in [-0.4, -0.2) is 83.4 Å². The Kier molecular flexibility index (Phi) is 10.0. The Labute approximate surface area is 267 Å². The smallest absolute Gasteiger partial charge is 0.258 e. The summed E-state index contributed by atoms with van der Waals surface area (Å²) in [7, 11) is -0.479. The monoisotopic (exact) mass is 651 g/mol. The second-order valence-electron chi connectivity index (χ2n) is 11.2. The van der Waals surface area contributed by atoms with Gasteiger partial charge in [0.1, 0.15) is 17.6 Å². The topological polar surface area (TPSA) is 150 Å². The molecule has 12 nitrogen and oxygen atoms in total. The summed E-state index contributed by atoms with van der Waals surface area (Å²) in [6.07, 6.45) is 1.63. The highest BCUT2D eigenvalue weighted by Crippen LogP contribution is 2.30. The highest BCUT2D eigenvalue weighted by atomic mass is 32.2. The number of carbonyl (C=O) groups is 3. The summed E-state index contributed by atoms with van der Waals surface area (Å²) in [6.45, 7) is 0.342. The van der Waals surface area contributed by atoms with Gasteiger partial charge in [0.05, 0.1) is 25.2 Å². The quantitative estimate of drug-likeness (QED) is 0.434. The zero-order valence-corrected chi connectivity index (χ0v) is 26.7. The van der Waals surface area contributed by atoms with Gasteiger partial charge in [0.25, 0.3) is 11.8 Å². The maximum atomic E-state index is 13.5. The number of rotatable bonds is 4. The van der Waals surface area contributed by atoms with Crippen molar-refractivity contribution in [3.8, 4) is 23.0 Å². The zero-order chi connectivity index (χ0) is 32.8. The lowest BCUT2D eigenvalue weighted by atomic mass is 10.0. The van der Waals surface area contributed by atoms with Gasteiger partial charge in [-0.1, -0.05) is 12.1 Å². The number of benzene rings is 3. The molecule has 46 heavy (non-hydrogen) atoms. The van der Waals surface area contributed by atoms with E-state index in [1.807, 2.05) is 12.1 Å². The average molecular weight is 652 g/mol. The van der Waals surface area contributed by atoms with Gasteiger partial charge in [-0.15, -0.1) is 0 Å².